The quantitative estimate of drug-likeness (QED) is 0.585. The van der Waals surface area contributed by atoms with Crippen LogP contribution in [0.3, 0.4) is 0 Å². The van der Waals surface area contributed by atoms with Gasteiger partial charge in [-0.2, -0.15) is 0 Å². The number of benzene rings is 1. The summed E-state index contributed by atoms with van der Waals surface area (Å²) in [6.45, 7) is 3.70. The van der Waals surface area contributed by atoms with Crippen LogP contribution >= 0.6 is 0 Å². The van der Waals surface area contributed by atoms with Crippen molar-refractivity contribution in [3.63, 3.8) is 0 Å². The Kier molecular flexibility index (Phi) is 4.49. The molecule has 0 heterocycles. The zero-order chi connectivity index (χ0) is 13.0. The summed E-state index contributed by atoms with van der Waals surface area (Å²) in [6, 6.07) is 2.64. The fraction of sp³-hybridized carbons (Fsp3) is 0.385. The maximum absolute atomic E-state index is 13.2. The molecule has 0 N–H and O–H groups in total. The molecule has 1 aromatic carbocycles. The Morgan fingerprint density at radius 1 is 1.24 bits per heavy atom. The van der Waals surface area contributed by atoms with Crippen LogP contribution in [0.4, 0.5) is 8.78 Å². The maximum atomic E-state index is 13.2. The van der Waals surface area contributed by atoms with E-state index >= 15 is 0 Å². The SMILES string of the molecule is CC(C)CC(=O)CC(=O)c1cc(F)ccc1F. The van der Waals surface area contributed by atoms with Gasteiger partial charge in [0.05, 0.1) is 12.0 Å². The summed E-state index contributed by atoms with van der Waals surface area (Å²) in [7, 11) is 0. The van der Waals surface area contributed by atoms with E-state index in [0.717, 1.165) is 18.2 Å². The van der Waals surface area contributed by atoms with Gasteiger partial charge in [0, 0.05) is 6.42 Å². The highest BCUT2D eigenvalue weighted by Gasteiger charge is 2.17. The van der Waals surface area contributed by atoms with Gasteiger partial charge in [0.15, 0.2) is 5.78 Å². The van der Waals surface area contributed by atoms with Crippen LogP contribution in [0.2, 0.25) is 0 Å². The number of halogens is 2. The number of ketones is 2. The highest BCUT2D eigenvalue weighted by atomic mass is 19.1. The zero-order valence-corrected chi connectivity index (χ0v) is 9.80. The van der Waals surface area contributed by atoms with Gasteiger partial charge in [-0.05, 0) is 24.1 Å². The second-order valence-corrected chi connectivity index (χ2v) is 4.36. The van der Waals surface area contributed by atoms with E-state index in [2.05, 4.69) is 0 Å². The number of hydrogen-bond acceptors (Lipinski definition) is 2. The molecule has 0 aliphatic heterocycles. The van der Waals surface area contributed by atoms with Crippen LogP contribution < -0.4 is 0 Å². The topological polar surface area (TPSA) is 34.1 Å². The number of carbonyl (C=O) groups is 2. The molecule has 0 bridgehead atoms. The summed E-state index contributed by atoms with van der Waals surface area (Å²) >= 11 is 0. The number of carbonyl (C=O) groups excluding carboxylic acids is 2. The number of Topliss-reactive ketones (excluding diaryl/α,β-unsaturated/α-hetero) is 2. The molecule has 1 rings (SSSR count). The summed E-state index contributed by atoms with van der Waals surface area (Å²) in [5.41, 5.74) is -0.359. The van der Waals surface area contributed by atoms with E-state index in [1.165, 1.54) is 0 Å². The lowest BCUT2D eigenvalue weighted by molar-refractivity contribution is -0.118. The first-order chi connectivity index (χ1) is 7.90. The maximum Gasteiger partial charge on any atom is 0.173 e. The van der Waals surface area contributed by atoms with Crippen molar-refractivity contribution < 1.29 is 18.4 Å². The standard InChI is InChI=1S/C13H14F2O2/c1-8(2)5-10(16)7-13(17)11-6-9(14)3-4-12(11)15/h3-4,6,8H,5,7H2,1-2H3. The molecule has 92 valence electrons. The average molecular weight is 240 g/mol. The first kappa shape index (κ1) is 13.5. The van der Waals surface area contributed by atoms with Gasteiger partial charge in [0.2, 0.25) is 0 Å². The predicted octanol–water partition coefficient (Wildman–Crippen LogP) is 3.15. The summed E-state index contributed by atoms with van der Waals surface area (Å²) in [4.78, 5) is 23.0. The van der Waals surface area contributed by atoms with E-state index in [9.17, 15) is 18.4 Å². The van der Waals surface area contributed by atoms with Gasteiger partial charge in [-0.15, -0.1) is 0 Å². The van der Waals surface area contributed by atoms with Crippen LogP contribution in [0, 0.1) is 17.6 Å². The van der Waals surface area contributed by atoms with E-state index in [0.29, 0.717) is 0 Å². The van der Waals surface area contributed by atoms with E-state index < -0.39 is 17.4 Å². The van der Waals surface area contributed by atoms with Crippen molar-refractivity contribution in [3.8, 4) is 0 Å². The third-order valence-electron chi connectivity index (χ3n) is 2.22. The normalized spacial score (nSPS) is 10.6. The summed E-state index contributed by atoms with van der Waals surface area (Å²) in [5.74, 6) is -2.27. The van der Waals surface area contributed by atoms with E-state index in [4.69, 9.17) is 0 Å². The Bertz CT molecular complexity index is 439. The van der Waals surface area contributed by atoms with Crippen molar-refractivity contribution in [1.29, 1.82) is 0 Å². The fourth-order valence-electron chi connectivity index (χ4n) is 1.51. The molecule has 0 saturated heterocycles. The fourth-order valence-corrected chi connectivity index (χ4v) is 1.51. The van der Waals surface area contributed by atoms with Crippen LogP contribution in [0.5, 0.6) is 0 Å². The van der Waals surface area contributed by atoms with Crippen LogP contribution in [0.15, 0.2) is 18.2 Å². The largest absolute Gasteiger partial charge is 0.299 e. The third kappa shape index (κ3) is 4.06. The van der Waals surface area contributed by atoms with E-state index in [1.54, 1.807) is 0 Å². The molecular formula is C13H14F2O2. The second kappa shape index (κ2) is 5.66. The Balaban J connectivity index is 2.76. The van der Waals surface area contributed by atoms with Gasteiger partial charge in [-0.3, -0.25) is 9.59 Å². The molecule has 0 aliphatic rings. The monoisotopic (exact) mass is 240 g/mol. The first-order valence-corrected chi connectivity index (χ1v) is 5.40. The minimum atomic E-state index is -0.797. The minimum Gasteiger partial charge on any atom is -0.299 e. The molecule has 0 saturated carbocycles. The van der Waals surface area contributed by atoms with Crippen molar-refractivity contribution in [2.24, 2.45) is 5.92 Å². The molecule has 2 nitrogen and oxygen atoms in total. The first-order valence-electron chi connectivity index (χ1n) is 5.40. The molecule has 0 spiro atoms. The Morgan fingerprint density at radius 2 is 1.88 bits per heavy atom. The van der Waals surface area contributed by atoms with Gasteiger partial charge in [-0.25, -0.2) is 8.78 Å². The third-order valence-corrected chi connectivity index (χ3v) is 2.22. The lowest BCUT2D eigenvalue weighted by Crippen LogP contribution is -2.12. The molecule has 0 atom stereocenters. The Hall–Kier alpha value is -1.58. The lowest BCUT2D eigenvalue weighted by Gasteiger charge is -2.04. The van der Waals surface area contributed by atoms with E-state index in [1.807, 2.05) is 13.8 Å². The van der Waals surface area contributed by atoms with Crippen molar-refractivity contribution in [2.45, 2.75) is 26.7 Å². The minimum absolute atomic E-state index is 0.146. The second-order valence-electron chi connectivity index (χ2n) is 4.36. The molecule has 0 aromatic heterocycles. The zero-order valence-electron chi connectivity index (χ0n) is 9.80. The van der Waals surface area contributed by atoms with Crippen LogP contribution in [-0.4, -0.2) is 11.6 Å². The van der Waals surface area contributed by atoms with Gasteiger partial charge in [0.25, 0.3) is 0 Å². The van der Waals surface area contributed by atoms with Gasteiger partial charge >= 0.3 is 0 Å². The average Bonchev–Trinajstić information content (AvgIpc) is 2.20. The highest BCUT2D eigenvalue weighted by molar-refractivity contribution is 6.08. The molecule has 1 aromatic rings. The molecule has 17 heavy (non-hydrogen) atoms. The number of rotatable bonds is 5. The van der Waals surface area contributed by atoms with Gasteiger partial charge in [-0.1, -0.05) is 13.8 Å². The van der Waals surface area contributed by atoms with Gasteiger partial charge in [0.1, 0.15) is 17.4 Å². The Morgan fingerprint density at radius 3 is 2.47 bits per heavy atom. The molecule has 0 unspecified atom stereocenters. The molecular weight excluding hydrogens is 226 g/mol. The lowest BCUT2D eigenvalue weighted by atomic mass is 10.00. The molecule has 4 heteroatoms. The van der Waals surface area contributed by atoms with Crippen LogP contribution in [0.25, 0.3) is 0 Å². The van der Waals surface area contributed by atoms with Crippen molar-refractivity contribution in [1.82, 2.24) is 0 Å². The summed E-state index contributed by atoms with van der Waals surface area (Å²) in [6.07, 6.45) is -0.110. The molecule has 0 radical (unpaired) electrons. The van der Waals surface area contributed by atoms with E-state index in [-0.39, 0.29) is 30.1 Å². The Labute approximate surface area is 98.6 Å². The van der Waals surface area contributed by atoms with Crippen LogP contribution in [-0.2, 0) is 4.79 Å². The smallest absolute Gasteiger partial charge is 0.173 e. The van der Waals surface area contributed by atoms with Gasteiger partial charge < -0.3 is 0 Å². The van der Waals surface area contributed by atoms with Crippen LogP contribution in [0.1, 0.15) is 37.0 Å². The predicted molar refractivity (Wildman–Crippen MR) is 59.8 cm³/mol. The van der Waals surface area contributed by atoms with Crippen molar-refractivity contribution in [3.05, 3.63) is 35.4 Å². The summed E-state index contributed by atoms with van der Waals surface area (Å²) in [5, 5.41) is 0. The highest BCUT2D eigenvalue weighted by Crippen LogP contribution is 2.13. The molecule has 0 aliphatic carbocycles. The molecule has 0 amide bonds. The van der Waals surface area contributed by atoms with Crippen molar-refractivity contribution >= 4 is 11.6 Å². The molecule has 0 fully saturated rings. The number of hydrogen-bond donors (Lipinski definition) is 0. The van der Waals surface area contributed by atoms with Crippen molar-refractivity contribution in [2.75, 3.05) is 0 Å². The summed E-state index contributed by atoms with van der Waals surface area (Å²) < 4.78 is 26.1.